The third-order valence-electron chi connectivity index (χ3n) is 4.38. The predicted molar refractivity (Wildman–Crippen MR) is 99.0 cm³/mol. The van der Waals surface area contributed by atoms with Gasteiger partial charge in [0.15, 0.2) is 17.3 Å². The molecule has 0 saturated heterocycles. The molecule has 0 fully saturated rings. The van der Waals surface area contributed by atoms with Crippen molar-refractivity contribution in [1.82, 2.24) is 0 Å². The lowest BCUT2D eigenvalue weighted by Crippen LogP contribution is -3.61. The summed E-state index contributed by atoms with van der Waals surface area (Å²) < 4.78 is 86.6. The zero-order valence-corrected chi connectivity index (χ0v) is 19.7. The molecule has 2 aromatic carbocycles. The van der Waals surface area contributed by atoms with Gasteiger partial charge in [-0.3, -0.25) is 0 Å². The molecule has 0 aliphatic heterocycles. The molecule has 0 saturated carbocycles. The van der Waals surface area contributed by atoms with Gasteiger partial charge in [0, 0.05) is 0 Å². The molecule has 10 heteroatoms. The summed E-state index contributed by atoms with van der Waals surface area (Å²) in [5.74, 6) is 0. The second-order valence-corrected chi connectivity index (χ2v) is 11.6. The van der Waals surface area contributed by atoms with Gasteiger partial charge in [0.1, 0.15) is 0 Å². The Kier molecular flexibility index (Phi) is 8.83. The van der Waals surface area contributed by atoms with Crippen LogP contribution in [-0.4, -0.2) is 24.4 Å². The standard InChI is InChI=1S/C18H22I.C2HF5O3S/c1-5-18(3,4)15-8-12-17(13-9-15)19-16-10-6-14(2)7-11-16;3-1(4,5)2(6,7)11(8,9)10/h6-13H,5H2,1-4H3;(H,8,9,10)/q+1;/p-1. The van der Waals surface area contributed by atoms with E-state index in [2.05, 4.69) is 76.2 Å². The van der Waals surface area contributed by atoms with Gasteiger partial charge >= 0.3 is 32.6 Å². The zero-order chi connectivity index (χ0) is 23.4. The molecule has 2 rings (SSSR count). The van der Waals surface area contributed by atoms with E-state index in [0.717, 1.165) is 0 Å². The molecule has 0 heterocycles. The fraction of sp³-hybridized carbons (Fsp3) is 0.400. The smallest absolute Gasteiger partial charge is 0.468 e. The van der Waals surface area contributed by atoms with Crippen molar-refractivity contribution in [2.75, 3.05) is 0 Å². The highest BCUT2D eigenvalue weighted by molar-refractivity contribution is 7.86. The molecular formula is C20H22F5IO3S. The van der Waals surface area contributed by atoms with Crippen LogP contribution in [0, 0.1) is 14.1 Å². The summed E-state index contributed by atoms with van der Waals surface area (Å²) in [5.41, 5.74) is 3.08. The number of aryl methyl sites for hydroxylation is 1. The first-order valence-corrected chi connectivity index (χ1v) is 12.3. The molecule has 2 aromatic rings. The van der Waals surface area contributed by atoms with Gasteiger partial charge in [0.2, 0.25) is 0 Å². The summed E-state index contributed by atoms with van der Waals surface area (Å²) in [5, 5.41) is -6.21. The Hall–Kier alpha value is -1.27. The molecule has 0 radical (unpaired) electrons. The largest absolute Gasteiger partial charge is 0.743 e. The van der Waals surface area contributed by atoms with Gasteiger partial charge in [-0.25, -0.2) is 8.42 Å². The maximum absolute atomic E-state index is 11.4. The van der Waals surface area contributed by atoms with E-state index in [1.807, 2.05) is 0 Å². The van der Waals surface area contributed by atoms with Crippen molar-refractivity contribution in [1.29, 1.82) is 0 Å². The molecule has 0 aliphatic carbocycles. The lowest BCUT2D eigenvalue weighted by Gasteiger charge is -2.22. The van der Waals surface area contributed by atoms with Crippen molar-refractivity contribution in [2.24, 2.45) is 0 Å². The second-order valence-electron chi connectivity index (χ2n) is 7.10. The van der Waals surface area contributed by atoms with Crippen LogP contribution in [-0.2, 0) is 15.5 Å². The van der Waals surface area contributed by atoms with Crippen molar-refractivity contribution in [3.63, 3.8) is 0 Å². The molecule has 0 unspecified atom stereocenters. The van der Waals surface area contributed by atoms with Gasteiger partial charge in [-0.2, -0.15) is 22.0 Å². The first-order valence-electron chi connectivity index (χ1n) is 8.73. The number of benzene rings is 2. The minimum Gasteiger partial charge on any atom is -0.743 e. The summed E-state index contributed by atoms with van der Waals surface area (Å²) in [4.78, 5) is 0. The summed E-state index contributed by atoms with van der Waals surface area (Å²) in [6.07, 6.45) is -5.17. The highest BCUT2D eigenvalue weighted by Crippen LogP contribution is 2.38. The lowest BCUT2D eigenvalue weighted by molar-refractivity contribution is -0.597. The first-order chi connectivity index (χ1) is 13.5. The van der Waals surface area contributed by atoms with Crippen molar-refractivity contribution in [2.45, 2.75) is 51.0 Å². The van der Waals surface area contributed by atoms with Crippen molar-refractivity contribution in [3.8, 4) is 0 Å². The molecule has 0 aromatic heterocycles. The monoisotopic (exact) mass is 564 g/mol. The Bertz CT molecular complexity index is 922. The van der Waals surface area contributed by atoms with Crippen LogP contribution < -0.4 is 21.2 Å². The number of hydrogen-bond donors (Lipinski definition) is 0. The SMILES string of the molecule is CCC(C)(C)c1ccc([I+]c2ccc(C)cc2)cc1.O=S(=O)([O-])C(F)(F)C(F)(F)F. The topological polar surface area (TPSA) is 57.2 Å². The second kappa shape index (κ2) is 9.90. The Morgan fingerprint density at radius 2 is 1.27 bits per heavy atom. The van der Waals surface area contributed by atoms with Crippen LogP contribution >= 0.6 is 0 Å². The molecule has 30 heavy (non-hydrogen) atoms. The van der Waals surface area contributed by atoms with Crippen LogP contribution in [0.25, 0.3) is 0 Å². The Balaban J connectivity index is 0.000000352. The van der Waals surface area contributed by atoms with Gasteiger partial charge in [-0.15, -0.1) is 0 Å². The third kappa shape index (κ3) is 7.16. The van der Waals surface area contributed by atoms with Crippen molar-refractivity contribution in [3.05, 3.63) is 66.8 Å². The summed E-state index contributed by atoms with van der Waals surface area (Å²) >= 11 is -0.0381. The molecule has 0 bridgehead atoms. The summed E-state index contributed by atoms with van der Waals surface area (Å²) in [6.45, 7) is 9.03. The van der Waals surface area contributed by atoms with E-state index >= 15 is 0 Å². The highest BCUT2D eigenvalue weighted by Gasteiger charge is 2.63. The average Bonchev–Trinajstić information content (AvgIpc) is 2.63. The molecule has 3 nitrogen and oxygen atoms in total. The molecule has 0 aliphatic rings. The molecule has 168 valence electrons. The van der Waals surface area contributed by atoms with E-state index in [4.69, 9.17) is 0 Å². The van der Waals surface area contributed by atoms with Crippen LogP contribution in [0.3, 0.4) is 0 Å². The van der Waals surface area contributed by atoms with Gasteiger partial charge in [-0.05, 0) is 48.6 Å². The Morgan fingerprint density at radius 3 is 1.57 bits per heavy atom. The van der Waals surface area contributed by atoms with E-state index in [9.17, 15) is 34.9 Å². The van der Waals surface area contributed by atoms with E-state index in [1.54, 1.807) is 0 Å². The minimum atomic E-state index is -6.67. The third-order valence-corrected chi connectivity index (χ3v) is 7.93. The molecule has 0 N–H and O–H groups in total. The number of halogens is 6. The summed E-state index contributed by atoms with van der Waals surface area (Å²) in [7, 11) is -6.67. The van der Waals surface area contributed by atoms with Crippen LogP contribution in [0.1, 0.15) is 38.3 Å². The predicted octanol–water partition coefficient (Wildman–Crippen LogP) is 2.50. The maximum Gasteiger partial charge on any atom is 0.468 e. The Morgan fingerprint density at radius 1 is 0.867 bits per heavy atom. The van der Waals surface area contributed by atoms with Gasteiger partial charge in [-0.1, -0.05) is 50.6 Å². The molecule has 0 atom stereocenters. The lowest BCUT2D eigenvalue weighted by atomic mass is 9.82. The maximum atomic E-state index is 11.4. The van der Waals surface area contributed by atoms with Crippen LogP contribution in [0.2, 0.25) is 0 Å². The average molecular weight is 564 g/mol. The number of hydrogen-bond acceptors (Lipinski definition) is 3. The first kappa shape index (κ1) is 26.8. The quantitative estimate of drug-likeness (QED) is 0.319. The number of alkyl halides is 5. The van der Waals surface area contributed by atoms with Crippen LogP contribution in [0.5, 0.6) is 0 Å². The Labute approximate surface area is 183 Å². The van der Waals surface area contributed by atoms with Gasteiger partial charge in [0.05, 0.1) is 0 Å². The van der Waals surface area contributed by atoms with Crippen LogP contribution in [0.15, 0.2) is 48.5 Å². The van der Waals surface area contributed by atoms with E-state index in [1.165, 1.54) is 24.7 Å². The summed E-state index contributed by atoms with van der Waals surface area (Å²) in [6, 6.07) is 18.2. The fourth-order valence-corrected chi connectivity index (χ4v) is 4.47. The molecule has 0 amide bonds. The van der Waals surface area contributed by atoms with E-state index in [-0.39, 0.29) is 21.2 Å². The van der Waals surface area contributed by atoms with Crippen LogP contribution in [0.4, 0.5) is 22.0 Å². The molecular weight excluding hydrogens is 542 g/mol. The minimum absolute atomic E-state index is 0.0381. The van der Waals surface area contributed by atoms with Gasteiger partial charge < -0.3 is 4.55 Å². The van der Waals surface area contributed by atoms with Gasteiger partial charge in [0.25, 0.3) is 0 Å². The zero-order valence-electron chi connectivity index (χ0n) is 16.7. The van der Waals surface area contributed by atoms with E-state index < -0.39 is 21.5 Å². The van der Waals surface area contributed by atoms with E-state index in [0.29, 0.717) is 5.41 Å². The highest BCUT2D eigenvalue weighted by atomic mass is 127. The van der Waals surface area contributed by atoms with Crippen molar-refractivity contribution >= 4 is 10.1 Å². The van der Waals surface area contributed by atoms with Crippen molar-refractivity contribution < 1.29 is 56.1 Å². The number of rotatable bonds is 5. The molecule has 0 spiro atoms. The fourth-order valence-electron chi connectivity index (χ4n) is 2.03. The normalized spacial score (nSPS) is 12.9.